The normalized spacial score (nSPS) is 16.7. The molecule has 1 amide bonds. The number of anilines is 1. The third-order valence-corrected chi connectivity index (χ3v) is 6.40. The SMILES string of the molecule is CCc1ccc(C2/C(=C(\O)c3ccc(OCC(C)C)cc3)C(=O)C(=O)N2c2cccc(C(=O)OC)c2)cc1. The molecule has 7 heteroatoms. The lowest BCUT2D eigenvalue weighted by Crippen LogP contribution is -2.29. The van der Waals surface area contributed by atoms with Gasteiger partial charge in [-0.25, -0.2) is 4.79 Å². The van der Waals surface area contributed by atoms with Crippen LogP contribution in [-0.4, -0.2) is 36.5 Å². The van der Waals surface area contributed by atoms with Crippen LogP contribution >= 0.6 is 0 Å². The second-order valence-electron chi connectivity index (χ2n) is 9.54. The number of hydrogen-bond donors (Lipinski definition) is 1. The topological polar surface area (TPSA) is 93.1 Å². The molecule has 4 rings (SSSR count). The fourth-order valence-corrected chi connectivity index (χ4v) is 4.38. The van der Waals surface area contributed by atoms with Crippen LogP contribution in [0.2, 0.25) is 0 Å². The Balaban J connectivity index is 1.83. The van der Waals surface area contributed by atoms with Crippen molar-refractivity contribution in [3.8, 4) is 5.75 Å². The number of hydrogen-bond acceptors (Lipinski definition) is 6. The molecule has 0 spiro atoms. The lowest BCUT2D eigenvalue weighted by molar-refractivity contribution is -0.132. The van der Waals surface area contributed by atoms with Crippen molar-refractivity contribution in [1.82, 2.24) is 0 Å². The molecular formula is C31H31NO6. The summed E-state index contributed by atoms with van der Waals surface area (Å²) < 4.78 is 10.6. The third-order valence-electron chi connectivity index (χ3n) is 6.40. The molecule has 196 valence electrons. The Bertz CT molecular complexity index is 1370. The average Bonchev–Trinajstić information content (AvgIpc) is 3.21. The van der Waals surface area contributed by atoms with Gasteiger partial charge in [0.15, 0.2) is 0 Å². The van der Waals surface area contributed by atoms with E-state index in [0.29, 0.717) is 35.1 Å². The fourth-order valence-electron chi connectivity index (χ4n) is 4.38. The van der Waals surface area contributed by atoms with Crippen LogP contribution in [0.1, 0.15) is 53.9 Å². The number of methoxy groups -OCH3 is 1. The number of esters is 1. The maximum Gasteiger partial charge on any atom is 0.337 e. The van der Waals surface area contributed by atoms with Crippen LogP contribution in [0.25, 0.3) is 5.76 Å². The highest BCUT2D eigenvalue weighted by Gasteiger charge is 2.47. The number of carbonyl (C=O) groups excluding carboxylic acids is 3. The molecule has 0 bridgehead atoms. The summed E-state index contributed by atoms with van der Waals surface area (Å²) in [7, 11) is 1.27. The molecule has 1 aliphatic rings. The summed E-state index contributed by atoms with van der Waals surface area (Å²) in [6.07, 6.45) is 0.826. The zero-order valence-corrected chi connectivity index (χ0v) is 21.9. The van der Waals surface area contributed by atoms with Gasteiger partial charge >= 0.3 is 5.97 Å². The summed E-state index contributed by atoms with van der Waals surface area (Å²) in [5.74, 6) is -1.45. The minimum Gasteiger partial charge on any atom is -0.507 e. The Morgan fingerprint density at radius 2 is 1.66 bits per heavy atom. The number of amides is 1. The van der Waals surface area contributed by atoms with Crippen LogP contribution in [0, 0.1) is 5.92 Å². The van der Waals surface area contributed by atoms with Crippen LogP contribution in [0.3, 0.4) is 0 Å². The lowest BCUT2D eigenvalue weighted by atomic mass is 9.94. The quantitative estimate of drug-likeness (QED) is 0.180. The van der Waals surface area contributed by atoms with Crippen molar-refractivity contribution in [2.24, 2.45) is 5.92 Å². The van der Waals surface area contributed by atoms with E-state index in [1.807, 2.05) is 45.0 Å². The molecule has 3 aromatic rings. The first-order valence-electron chi connectivity index (χ1n) is 12.6. The summed E-state index contributed by atoms with van der Waals surface area (Å²) in [6.45, 7) is 6.68. The molecule has 1 N–H and O–H groups in total. The number of aryl methyl sites for hydroxylation is 1. The number of nitrogens with zero attached hydrogens (tertiary/aromatic N) is 1. The smallest absolute Gasteiger partial charge is 0.337 e. The van der Waals surface area contributed by atoms with Crippen molar-refractivity contribution in [3.63, 3.8) is 0 Å². The van der Waals surface area contributed by atoms with Gasteiger partial charge in [0, 0.05) is 11.3 Å². The number of aliphatic hydroxyl groups is 1. The molecule has 7 nitrogen and oxygen atoms in total. The number of ketones is 1. The summed E-state index contributed by atoms with van der Waals surface area (Å²) >= 11 is 0. The van der Waals surface area contributed by atoms with Gasteiger partial charge in [0.25, 0.3) is 11.7 Å². The minimum atomic E-state index is -0.898. The van der Waals surface area contributed by atoms with E-state index in [0.717, 1.165) is 12.0 Å². The van der Waals surface area contributed by atoms with Crippen molar-refractivity contribution < 1.29 is 29.0 Å². The number of aliphatic hydroxyl groups excluding tert-OH is 1. The van der Waals surface area contributed by atoms with E-state index in [4.69, 9.17) is 9.47 Å². The molecule has 1 aliphatic heterocycles. The van der Waals surface area contributed by atoms with Gasteiger partial charge in [-0.3, -0.25) is 14.5 Å². The standard InChI is InChI=1S/C31H31NO6/c1-5-20-9-11-21(12-10-20)27-26(28(33)22-13-15-25(16-14-22)38-18-19(2)3)29(34)30(35)32(27)24-8-6-7-23(17-24)31(36)37-4/h6-17,19,27,33H,5,18H2,1-4H3/b28-26+. The van der Waals surface area contributed by atoms with Gasteiger partial charge in [-0.15, -0.1) is 0 Å². The lowest BCUT2D eigenvalue weighted by Gasteiger charge is -2.26. The molecule has 0 saturated carbocycles. The van der Waals surface area contributed by atoms with E-state index in [1.165, 1.54) is 18.1 Å². The van der Waals surface area contributed by atoms with Crippen LogP contribution in [0.4, 0.5) is 5.69 Å². The highest BCUT2D eigenvalue weighted by molar-refractivity contribution is 6.51. The summed E-state index contributed by atoms with van der Waals surface area (Å²) in [5, 5.41) is 11.4. The first-order valence-corrected chi connectivity index (χ1v) is 12.6. The molecule has 38 heavy (non-hydrogen) atoms. The van der Waals surface area contributed by atoms with Gasteiger partial charge in [0.1, 0.15) is 11.5 Å². The Morgan fingerprint density at radius 1 is 0.974 bits per heavy atom. The first kappa shape index (κ1) is 26.7. The van der Waals surface area contributed by atoms with Crippen molar-refractivity contribution in [3.05, 3.63) is 101 Å². The average molecular weight is 514 g/mol. The molecular weight excluding hydrogens is 482 g/mol. The Morgan fingerprint density at radius 3 is 2.26 bits per heavy atom. The highest BCUT2D eigenvalue weighted by atomic mass is 16.5. The molecule has 0 aliphatic carbocycles. The second kappa shape index (κ2) is 11.3. The predicted octanol–water partition coefficient (Wildman–Crippen LogP) is 5.70. The summed E-state index contributed by atoms with van der Waals surface area (Å²) in [4.78, 5) is 40.3. The molecule has 0 radical (unpaired) electrons. The van der Waals surface area contributed by atoms with E-state index in [-0.39, 0.29) is 16.9 Å². The fraction of sp³-hybridized carbons (Fsp3) is 0.258. The molecule has 1 heterocycles. The molecule has 0 aromatic heterocycles. The minimum absolute atomic E-state index is 0.0291. The number of Topliss-reactive ketones (excluding diaryl/α,β-unsaturated/α-hetero) is 1. The van der Waals surface area contributed by atoms with Crippen molar-refractivity contribution in [2.75, 3.05) is 18.6 Å². The van der Waals surface area contributed by atoms with E-state index >= 15 is 0 Å². The number of ether oxygens (including phenoxy) is 2. The Kier molecular flexibility index (Phi) is 7.96. The van der Waals surface area contributed by atoms with Crippen LogP contribution in [-0.2, 0) is 20.7 Å². The third kappa shape index (κ3) is 5.32. The Hall–Kier alpha value is -4.39. The van der Waals surface area contributed by atoms with E-state index < -0.39 is 23.7 Å². The van der Waals surface area contributed by atoms with Gasteiger partial charge in [-0.1, -0.05) is 51.1 Å². The van der Waals surface area contributed by atoms with Crippen LogP contribution < -0.4 is 9.64 Å². The summed E-state index contributed by atoms with van der Waals surface area (Å²) in [5.41, 5.74) is 2.69. The second-order valence-corrected chi connectivity index (χ2v) is 9.54. The van der Waals surface area contributed by atoms with Gasteiger partial charge < -0.3 is 14.6 Å². The van der Waals surface area contributed by atoms with Crippen LogP contribution in [0.5, 0.6) is 5.75 Å². The van der Waals surface area contributed by atoms with Crippen molar-refractivity contribution in [1.29, 1.82) is 0 Å². The molecule has 1 fully saturated rings. The molecule has 1 saturated heterocycles. The monoisotopic (exact) mass is 513 g/mol. The van der Waals surface area contributed by atoms with Gasteiger partial charge in [0.2, 0.25) is 0 Å². The van der Waals surface area contributed by atoms with Gasteiger partial charge in [-0.05, 0) is 65.9 Å². The first-order chi connectivity index (χ1) is 18.2. The number of benzene rings is 3. The molecule has 1 atom stereocenters. The molecule has 1 unspecified atom stereocenters. The number of rotatable bonds is 8. The predicted molar refractivity (Wildman–Crippen MR) is 145 cm³/mol. The maximum atomic E-state index is 13.4. The summed E-state index contributed by atoms with van der Waals surface area (Å²) in [6, 6.07) is 19.8. The largest absolute Gasteiger partial charge is 0.507 e. The van der Waals surface area contributed by atoms with E-state index in [9.17, 15) is 19.5 Å². The number of carbonyl (C=O) groups is 3. The van der Waals surface area contributed by atoms with E-state index in [1.54, 1.807) is 42.5 Å². The van der Waals surface area contributed by atoms with Crippen LogP contribution in [0.15, 0.2) is 78.4 Å². The maximum absolute atomic E-state index is 13.4. The molecule has 3 aromatic carbocycles. The van der Waals surface area contributed by atoms with Crippen molar-refractivity contribution in [2.45, 2.75) is 33.2 Å². The van der Waals surface area contributed by atoms with Gasteiger partial charge in [0.05, 0.1) is 30.9 Å². The van der Waals surface area contributed by atoms with Gasteiger partial charge in [-0.2, -0.15) is 0 Å². The van der Waals surface area contributed by atoms with E-state index in [2.05, 4.69) is 0 Å². The van der Waals surface area contributed by atoms with Crippen molar-refractivity contribution >= 4 is 29.1 Å². The zero-order chi connectivity index (χ0) is 27.4. The Labute approximate surface area is 222 Å². The highest BCUT2D eigenvalue weighted by Crippen LogP contribution is 2.42. The zero-order valence-electron chi connectivity index (χ0n) is 21.9.